The molecule has 0 aliphatic heterocycles. The van der Waals surface area contributed by atoms with Gasteiger partial charge in [0, 0.05) is 25.5 Å². The van der Waals surface area contributed by atoms with E-state index in [9.17, 15) is 9.59 Å². The largest absolute Gasteiger partial charge is 0.449 e. The third-order valence-electron chi connectivity index (χ3n) is 3.88. The number of esters is 1. The van der Waals surface area contributed by atoms with Gasteiger partial charge in [-0.25, -0.2) is 4.79 Å². The zero-order valence-corrected chi connectivity index (χ0v) is 15.1. The monoisotopic (exact) mass is 340 g/mol. The van der Waals surface area contributed by atoms with Crippen LogP contribution in [0, 0.1) is 0 Å². The predicted molar refractivity (Wildman–Crippen MR) is 100 cm³/mol. The Morgan fingerprint density at radius 2 is 1.80 bits per heavy atom. The fraction of sp³-hybridized carbons (Fsp3) is 0.300. The summed E-state index contributed by atoms with van der Waals surface area (Å²) in [5.41, 5.74) is 3.18. The highest BCUT2D eigenvalue weighted by molar-refractivity contribution is 5.97. The molecular weight excluding hydrogens is 316 g/mol. The van der Waals surface area contributed by atoms with E-state index in [-0.39, 0.29) is 5.91 Å². The van der Waals surface area contributed by atoms with Crippen LogP contribution in [0.1, 0.15) is 29.8 Å². The normalized spacial score (nSPS) is 11.5. The van der Waals surface area contributed by atoms with Gasteiger partial charge >= 0.3 is 5.97 Å². The predicted octanol–water partition coefficient (Wildman–Crippen LogP) is 3.50. The lowest BCUT2D eigenvalue weighted by Gasteiger charge is -2.16. The minimum atomic E-state index is -0.888. The molecule has 2 rings (SSSR count). The van der Waals surface area contributed by atoms with Gasteiger partial charge in [0.05, 0.1) is 5.56 Å². The second-order valence-electron chi connectivity index (χ2n) is 6.03. The molecule has 0 fully saturated rings. The Balaban J connectivity index is 1.97. The molecule has 1 atom stereocenters. The SMILES string of the molecule is CCc1ccc(NC(=O)[C@H](C)OC(=O)c2cccc(N(C)C)c2)cc1. The first kappa shape index (κ1) is 18.5. The maximum Gasteiger partial charge on any atom is 0.338 e. The molecule has 0 aromatic heterocycles. The van der Waals surface area contributed by atoms with Crippen molar-refractivity contribution in [2.24, 2.45) is 0 Å². The fourth-order valence-corrected chi connectivity index (χ4v) is 2.26. The molecule has 0 aliphatic carbocycles. The summed E-state index contributed by atoms with van der Waals surface area (Å²) in [6.07, 6.45) is 0.0511. The molecule has 0 unspecified atom stereocenters. The lowest BCUT2D eigenvalue weighted by atomic mass is 10.1. The van der Waals surface area contributed by atoms with E-state index in [1.807, 2.05) is 49.3 Å². The molecule has 132 valence electrons. The first-order chi connectivity index (χ1) is 11.9. The number of hydrogen-bond acceptors (Lipinski definition) is 4. The summed E-state index contributed by atoms with van der Waals surface area (Å²) >= 11 is 0. The van der Waals surface area contributed by atoms with Gasteiger partial charge < -0.3 is 15.0 Å². The number of carbonyl (C=O) groups is 2. The number of anilines is 2. The van der Waals surface area contributed by atoms with Crippen molar-refractivity contribution in [3.63, 3.8) is 0 Å². The number of nitrogens with zero attached hydrogens (tertiary/aromatic N) is 1. The highest BCUT2D eigenvalue weighted by atomic mass is 16.5. The van der Waals surface area contributed by atoms with Crippen LogP contribution in [0.4, 0.5) is 11.4 Å². The molecule has 0 heterocycles. The molecule has 1 N–H and O–H groups in total. The second-order valence-corrected chi connectivity index (χ2v) is 6.03. The second kappa shape index (κ2) is 8.33. The molecule has 0 saturated heterocycles. The number of aryl methyl sites for hydroxylation is 1. The Hall–Kier alpha value is -2.82. The van der Waals surface area contributed by atoms with Gasteiger partial charge in [-0.2, -0.15) is 0 Å². The molecule has 0 radical (unpaired) electrons. The van der Waals surface area contributed by atoms with Gasteiger partial charge in [0.15, 0.2) is 6.10 Å². The third kappa shape index (κ3) is 5.08. The van der Waals surface area contributed by atoms with Gasteiger partial charge in [-0.1, -0.05) is 25.1 Å². The topological polar surface area (TPSA) is 58.6 Å². The van der Waals surface area contributed by atoms with Gasteiger partial charge in [0.25, 0.3) is 5.91 Å². The summed E-state index contributed by atoms with van der Waals surface area (Å²) in [5.74, 6) is -0.881. The maximum absolute atomic E-state index is 12.2. The number of amides is 1. The summed E-state index contributed by atoms with van der Waals surface area (Å²) in [6, 6.07) is 14.7. The van der Waals surface area contributed by atoms with Crippen molar-refractivity contribution in [1.82, 2.24) is 0 Å². The average Bonchev–Trinajstić information content (AvgIpc) is 2.62. The van der Waals surface area contributed by atoms with Crippen LogP contribution >= 0.6 is 0 Å². The summed E-state index contributed by atoms with van der Waals surface area (Å²) < 4.78 is 5.28. The van der Waals surface area contributed by atoms with Crippen LogP contribution in [0.5, 0.6) is 0 Å². The highest BCUT2D eigenvalue weighted by Gasteiger charge is 2.19. The number of hydrogen-bond donors (Lipinski definition) is 1. The summed E-state index contributed by atoms with van der Waals surface area (Å²) in [7, 11) is 3.79. The van der Waals surface area contributed by atoms with E-state index < -0.39 is 12.1 Å². The smallest absolute Gasteiger partial charge is 0.338 e. The van der Waals surface area contributed by atoms with E-state index in [1.165, 1.54) is 5.56 Å². The molecular formula is C20H24N2O3. The van der Waals surface area contributed by atoms with E-state index in [0.717, 1.165) is 12.1 Å². The van der Waals surface area contributed by atoms with E-state index in [1.54, 1.807) is 25.1 Å². The zero-order valence-electron chi connectivity index (χ0n) is 15.1. The summed E-state index contributed by atoms with van der Waals surface area (Å²) in [4.78, 5) is 26.4. The van der Waals surface area contributed by atoms with Crippen molar-refractivity contribution in [2.45, 2.75) is 26.4 Å². The summed E-state index contributed by atoms with van der Waals surface area (Å²) in [5, 5.41) is 2.76. The highest BCUT2D eigenvalue weighted by Crippen LogP contribution is 2.15. The Morgan fingerprint density at radius 3 is 2.40 bits per heavy atom. The molecule has 0 spiro atoms. The number of carbonyl (C=O) groups excluding carboxylic acids is 2. The Labute approximate surface area is 148 Å². The van der Waals surface area contributed by atoms with E-state index >= 15 is 0 Å². The van der Waals surface area contributed by atoms with E-state index in [2.05, 4.69) is 12.2 Å². The molecule has 2 aromatic carbocycles. The maximum atomic E-state index is 12.2. The van der Waals surface area contributed by atoms with Gasteiger partial charge in [0.1, 0.15) is 0 Å². The van der Waals surface area contributed by atoms with Crippen molar-refractivity contribution in [3.05, 3.63) is 59.7 Å². The Kier molecular flexibility index (Phi) is 6.17. The minimum Gasteiger partial charge on any atom is -0.449 e. The minimum absolute atomic E-state index is 0.360. The van der Waals surface area contributed by atoms with Crippen LogP contribution in [0.2, 0.25) is 0 Å². The van der Waals surface area contributed by atoms with Crippen molar-refractivity contribution in [3.8, 4) is 0 Å². The van der Waals surface area contributed by atoms with Gasteiger partial charge in [-0.15, -0.1) is 0 Å². The molecule has 0 saturated carbocycles. The molecule has 2 aromatic rings. The van der Waals surface area contributed by atoms with Crippen LogP contribution in [0.25, 0.3) is 0 Å². The zero-order chi connectivity index (χ0) is 18.4. The number of rotatable bonds is 6. The molecule has 5 heteroatoms. The van der Waals surface area contributed by atoms with Gasteiger partial charge in [0.2, 0.25) is 0 Å². The Bertz CT molecular complexity index is 739. The third-order valence-corrected chi connectivity index (χ3v) is 3.88. The molecule has 0 aliphatic rings. The molecule has 1 amide bonds. The van der Waals surface area contributed by atoms with Crippen LogP contribution in [-0.2, 0) is 16.0 Å². The number of benzene rings is 2. The first-order valence-electron chi connectivity index (χ1n) is 8.29. The van der Waals surface area contributed by atoms with E-state index in [0.29, 0.717) is 11.3 Å². The molecule has 25 heavy (non-hydrogen) atoms. The lowest BCUT2D eigenvalue weighted by molar-refractivity contribution is -0.123. The van der Waals surface area contributed by atoms with Crippen LogP contribution in [0.15, 0.2) is 48.5 Å². The Morgan fingerprint density at radius 1 is 1.12 bits per heavy atom. The van der Waals surface area contributed by atoms with Gasteiger partial charge in [-0.05, 0) is 49.2 Å². The summed E-state index contributed by atoms with van der Waals surface area (Å²) in [6.45, 7) is 3.63. The van der Waals surface area contributed by atoms with Crippen LogP contribution in [-0.4, -0.2) is 32.1 Å². The number of nitrogens with one attached hydrogen (secondary N) is 1. The average molecular weight is 340 g/mol. The van der Waals surface area contributed by atoms with Crippen LogP contribution < -0.4 is 10.2 Å². The van der Waals surface area contributed by atoms with Crippen molar-refractivity contribution in [2.75, 3.05) is 24.3 Å². The van der Waals surface area contributed by atoms with Crippen molar-refractivity contribution < 1.29 is 14.3 Å². The molecule has 5 nitrogen and oxygen atoms in total. The standard InChI is InChI=1S/C20H24N2O3/c1-5-15-9-11-17(12-10-15)21-19(23)14(2)25-20(24)16-7-6-8-18(13-16)22(3)4/h6-14H,5H2,1-4H3,(H,21,23)/t14-/m0/s1. The van der Waals surface area contributed by atoms with Crippen LogP contribution in [0.3, 0.4) is 0 Å². The first-order valence-corrected chi connectivity index (χ1v) is 8.29. The number of ether oxygens (including phenoxy) is 1. The quantitative estimate of drug-likeness (QED) is 0.818. The fourth-order valence-electron chi connectivity index (χ4n) is 2.26. The van der Waals surface area contributed by atoms with E-state index in [4.69, 9.17) is 4.74 Å². The lowest BCUT2D eigenvalue weighted by Crippen LogP contribution is -2.30. The molecule has 0 bridgehead atoms. The van der Waals surface area contributed by atoms with Gasteiger partial charge in [-0.3, -0.25) is 4.79 Å². The van der Waals surface area contributed by atoms with Crippen molar-refractivity contribution in [1.29, 1.82) is 0 Å². The van der Waals surface area contributed by atoms with Crippen molar-refractivity contribution >= 4 is 23.3 Å².